The number of rotatable bonds is 1. The van der Waals surface area contributed by atoms with Crippen molar-refractivity contribution in [2.24, 2.45) is 0 Å². The first-order chi connectivity index (χ1) is 4.29. The van der Waals surface area contributed by atoms with Crippen molar-refractivity contribution in [1.29, 1.82) is 0 Å². The minimum Gasteiger partial charge on any atom is -0.465 e. The van der Waals surface area contributed by atoms with Gasteiger partial charge in [0.15, 0.2) is 4.74 Å². The molecule has 0 spiro atoms. The molecule has 3 heteroatoms. The highest BCUT2D eigenvalue weighted by Crippen LogP contribution is 2.12. The van der Waals surface area contributed by atoms with Crippen LogP contribution in [-0.4, -0.2) is 0 Å². The van der Waals surface area contributed by atoms with Gasteiger partial charge in [-0.25, -0.2) is 0 Å². The van der Waals surface area contributed by atoms with Crippen molar-refractivity contribution in [3.05, 3.63) is 28.9 Å². The van der Waals surface area contributed by atoms with Gasteiger partial charge in [-0.3, -0.25) is 0 Å². The van der Waals surface area contributed by atoms with Crippen molar-refractivity contribution in [3.8, 4) is 0 Å². The van der Waals surface area contributed by atoms with Crippen molar-refractivity contribution in [3.63, 3.8) is 0 Å². The molecule has 1 nitrogen and oxygen atoms in total. The van der Waals surface area contributed by atoms with Crippen LogP contribution in [0.5, 0.6) is 0 Å². The molecule has 0 saturated heterocycles. The zero-order chi connectivity index (χ0) is 6.69. The Labute approximate surface area is 60.3 Å². The Bertz CT molecular complexity index is 199. The molecule has 1 aromatic heterocycles. The van der Waals surface area contributed by atoms with Gasteiger partial charge < -0.3 is 4.42 Å². The first-order valence-electron chi connectivity index (χ1n) is 2.35. The molecule has 9 heavy (non-hydrogen) atoms. The highest BCUT2D eigenvalue weighted by atomic mass is 79.9. The largest absolute Gasteiger partial charge is 0.465 e. The van der Waals surface area contributed by atoms with Gasteiger partial charge in [-0.2, -0.15) is 4.39 Å². The highest BCUT2D eigenvalue weighted by molar-refractivity contribution is 9.11. The Hall–Kier alpha value is -0.570. The van der Waals surface area contributed by atoms with Crippen LogP contribution in [0.4, 0.5) is 4.39 Å². The average Bonchev–Trinajstić information content (AvgIpc) is 2.15. The average molecular weight is 191 g/mol. The quantitative estimate of drug-likeness (QED) is 0.664. The zero-order valence-electron chi connectivity index (χ0n) is 4.47. The first kappa shape index (κ1) is 6.55. The van der Waals surface area contributed by atoms with E-state index in [1.54, 1.807) is 12.1 Å². The van der Waals surface area contributed by atoms with E-state index in [0.717, 1.165) is 0 Å². The lowest BCUT2D eigenvalue weighted by Crippen LogP contribution is -1.58. The Morgan fingerprint density at radius 2 is 2.56 bits per heavy atom. The molecule has 0 fully saturated rings. The SMILES string of the molecule is F/C(Br)=C\c1ccco1. The summed E-state index contributed by atoms with van der Waals surface area (Å²) in [4.78, 5) is 0. The monoisotopic (exact) mass is 190 g/mol. The summed E-state index contributed by atoms with van der Waals surface area (Å²) in [6.07, 6.45) is 2.74. The van der Waals surface area contributed by atoms with Gasteiger partial charge in [-0.1, -0.05) is 0 Å². The topological polar surface area (TPSA) is 13.1 Å². The Kier molecular flexibility index (Phi) is 2.05. The van der Waals surface area contributed by atoms with E-state index in [2.05, 4.69) is 15.9 Å². The standard InChI is InChI=1S/C6H4BrFO/c7-6(8)4-5-2-1-3-9-5/h1-4H/b6-4-. The molecule has 0 bridgehead atoms. The summed E-state index contributed by atoms with van der Waals surface area (Å²) in [5, 5.41) is 0. The number of hydrogen-bond donors (Lipinski definition) is 0. The molecule has 0 amide bonds. The molecule has 1 heterocycles. The second-order valence-corrected chi connectivity index (χ2v) is 2.21. The van der Waals surface area contributed by atoms with Gasteiger partial charge in [0, 0.05) is 6.08 Å². The fourth-order valence-corrected chi connectivity index (χ4v) is 0.707. The van der Waals surface area contributed by atoms with E-state index in [1.807, 2.05) is 0 Å². The van der Waals surface area contributed by atoms with Crippen LogP contribution in [0.25, 0.3) is 6.08 Å². The lowest BCUT2D eigenvalue weighted by atomic mass is 10.4. The Morgan fingerprint density at radius 3 is 3.00 bits per heavy atom. The van der Waals surface area contributed by atoms with Crippen LogP contribution in [0.3, 0.4) is 0 Å². The van der Waals surface area contributed by atoms with Crippen molar-refractivity contribution in [2.45, 2.75) is 0 Å². The molecule has 0 aromatic carbocycles. The zero-order valence-corrected chi connectivity index (χ0v) is 6.06. The minimum atomic E-state index is -0.433. The molecule has 0 aliphatic rings. The minimum absolute atomic E-state index is 0.433. The number of halogens is 2. The number of furan rings is 1. The van der Waals surface area contributed by atoms with Crippen molar-refractivity contribution >= 4 is 22.0 Å². The van der Waals surface area contributed by atoms with Crippen LogP contribution in [0.15, 0.2) is 27.5 Å². The summed E-state index contributed by atoms with van der Waals surface area (Å²) >= 11 is 2.63. The third-order valence-electron chi connectivity index (χ3n) is 0.795. The fourth-order valence-electron chi connectivity index (χ4n) is 0.481. The fraction of sp³-hybridized carbons (Fsp3) is 0. The van der Waals surface area contributed by atoms with Gasteiger partial charge in [-0.15, -0.1) is 0 Å². The lowest BCUT2D eigenvalue weighted by Gasteiger charge is -1.79. The van der Waals surface area contributed by atoms with Gasteiger partial charge in [0.2, 0.25) is 0 Å². The molecule has 0 atom stereocenters. The molecule has 0 aliphatic carbocycles. The highest BCUT2D eigenvalue weighted by Gasteiger charge is 1.90. The van der Waals surface area contributed by atoms with Crippen molar-refractivity contribution in [1.82, 2.24) is 0 Å². The van der Waals surface area contributed by atoms with Gasteiger partial charge in [-0.05, 0) is 28.1 Å². The molecule has 48 valence electrons. The van der Waals surface area contributed by atoms with Crippen LogP contribution in [0.2, 0.25) is 0 Å². The van der Waals surface area contributed by atoms with E-state index in [9.17, 15) is 4.39 Å². The first-order valence-corrected chi connectivity index (χ1v) is 3.14. The molecule has 0 aliphatic heterocycles. The van der Waals surface area contributed by atoms with Gasteiger partial charge in [0.05, 0.1) is 6.26 Å². The van der Waals surface area contributed by atoms with Gasteiger partial charge in [0.1, 0.15) is 5.76 Å². The molecule has 0 N–H and O–H groups in total. The maximum absolute atomic E-state index is 12.0. The van der Waals surface area contributed by atoms with Crippen LogP contribution in [0, 0.1) is 0 Å². The maximum atomic E-state index is 12.0. The van der Waals surface area contributed by atoms with E-state index in [-0.39, 0.29) is 0 Å². The summed E-state index contributed by atoms with van der Waals surface area (Å²) in [5.41, 5.74) is 0. The second kappa shape index (κ2) is 2.82. The molecule has 0 saturated carbocycles. The normalized spacial score (nSPS) is 12.0. The third kappa shape index (κ3) is 2.01. The van der Waals surface area contributed by atoms with E-state index in [1.165, 1.54) is 12.3 Å². The van der Waals surface area contributed by atoms with E-state index in [4.69, 9.17) is 4.42 Å². The predicted molar refractivity (Wildman–Crippen MR) is 36.7 cm³/mol. The smallest absolute Gasteiger partial charge is 0.169 e. The van der Waals surface area contributed by atoms with Crippen molar-refractivity contribution in [2.75, 3.05) is 0 Å². The molecule has 0 radical (unpaired) electrons. The van der Waals surface area contributed by atoms with E-state index < -0.39 is 4.74 Å². The molecule has 1 rings (SSSR count). The summed E-state index contributed by atoms with van der Waals surface area (Å²) in [6, 6.07) is 3.36. The Morgan fingerprint density at radius 1 is 1.78 bits per heavy atom. The summed E-state index contributed by atoms with van der Waals surface area (Å²) < 4.78 is 16.3. The second-order valence-electron chi connectivity index (χ2n) is 1.45. The Balaban J connectivity index is 2.80. The third-order valence-corrected chi connectivity index (χ3v) is 1.02. The van der Waals surface area contributed by atoms with Crippen LogP contribution >= 0.6 is 15.9 Å². The van der Waals surface area contributed by atoms with Crippen LogP contribution in [0.1, 0.15) is 5.76 Å². The molecule has 0 unspecified atom stereocenters. The lowest BCUT2D eigenvalue weighted by molar-refractivity contribution is 0.555. The van der Waals surface area contributed by atoms with Crippen LogP contribution < -0.4 is 0 Å². The van der Waals surface area contributed by atoms with Crippen LogP contribution in [-0.2, 0) is 0 Å². The van der Waals surface area contributed by atoms with E-state index in [0.29, 0.717) is 5.76 Å². The number of hydrogen-bond acceptors (Lipinski definition) is 1. The molecular weight excluding hydrogens is 187 g/mol. The van der Waals surface area contributed by atoms with E-state index >= 15 is 0 Å². The molecule has 1 aromatic rings. The summed E-state index contributed by atoms with van der Waals surface area (Å²) in [5.74, 6) is 0.504. The molecular formula is C6H4BrFO. The van der Waals surface area contributed by atoms with Gasteiger partial charge in [0.25, 0.3) is 0 Å². The predicted octanol–water partition coefficient (Wildman–Crippen LogP) is 2.94. The maximum Gasteiger partial charge on any atom is 0.169 e. The van der Waals surface area contributed by atoms with Gasteiger partial charge >= 0.3 is 0 Å². The summed E-state index contributed by atoms with van der Waals surface area (Å²) in [7, 11) is 0. The van der Waals surface area contributed by atoms with Crippen molar-refractivity contribution < 1.29 is 8.81 Å². The summed E-state index contributed by atoms with van der Waals surface area (Å²) in [6.45, 7) is 0.